The Labute approximate surface area is 165 Å². The van der Waals surface area contributed by atoms with Crippen LogP contribution in [0.5, 0.6) is 11.5 Å². The molecule has 0 heterocycles. The smallest absolute Gasteiger partial charge is 0.251 e. The predicted octanol–water partition coefficient (Wildman–Crippen LogP) is 1.97. The third kappa shape index (κ3) is 7.28. The monoisotopic (exact) mass is 385 g/mol. The molecule has 2 amide bonds. The molecule has 0 unspecified atom stereocenters. The summed E-state index contributed by atoms with van der Waals surface area (Å²) in [6.45, 7) is 2.81. The number of carbonyl (C=O) groups is 2. The van der Waals surface area contributed by atoms with Gasteiger partial charge < -0.3 is 25.7 Å². The molecule has 0 aliphatic rings. The fourth-order valence-electron chi connectivity index (χ4n) is 2.64. The van der Waals surface area contributed by atoms with Crippen LogP contribution in [0.4, 0.5) is 0 Å². The summed E-state index contributed by atoms with van der Waals surface area (Å²) < 4.78 is 0. The molecule has 28 heavy (non-hydrogen) atoms. The van der Waals surface area contributed by atoms with Crippen LogP contribution in [0.2, 0.25) is 0 Å². The number of carbonyl (C=O) groups excluding carboxylic acids is 2. The van der Waals surface area contributed by atoms with Gasteiger partial charge in [-0.2, -0.15) is 0 Å². The summed E-state index contributed by atoms with van der Waals surface area (Å²) in [6, 6.07) is 12.3. The molecule has 0 aliphatic carbocycles. The van der Waals surface area contributed by atoms with E-state index in [1.54, 1.807) is 24.3 Å². The molecular formula is C21H27N3O4. The largest absolute Gasteiger partial charge is 0.508 e. The second kappa shape index (κ2) is 10.9. The highest BCUT2D eigenvalue weighted by atomic mass is 16.3. The zero-order chi connectivity index (χ0) is 20.4. The Morgan fingerprint density at radius 1 is 0.750 bits per heavy atom. The molecule has 0 fully saturated rings. The van der Waals surface area contributed by atoms with Crippen molar-refractivity contribution in [1.82, 2.24) is 15.5 Å². The molecule has 150 valence electrons. The summed E-state index contributed by atoms with van der Waals surface area (Å²) >= 11 is 0. The number of amides is 2. The highest BCUT2D eigenvalue weighted by Gasteiger charge is 2.06. The Morgan fingerprint density at radius 2 is 1.11 bits per heavy atom. The van der Waals surface area contributed by atoms with Crippen LogP contribution in [0.25, 0.3) is 0 Å². The minimum absolute atomic E-state index is 0.137. The van der Waals surface area contributed by atoms with Crippen LogP contribution < -0.4 is 10.6 Å². The standard InChI is InChI=1S/C21H27N3O4/c1-24(14-2-12-22-20(27)16-4-8-18(25)9-5-16)15-3-13-23-21(28)17-6-10-19(26)11-7-17/h4-11,25-26H,2-3,12-15H2,1H3,(H,22,27)(H,23,28). The molecule has 0 radical (unpaired) electrons. The van der Waals surface area contributed by atoms with Gasteiger partial charge >= 0.3 is 0 Å². The van der Waals surface area contributed by atoms with Gasteiger partial charge in [-0.3, -0.25) is 9.59 Å². The first-order valence-corrected chi connectivity index (χ1v) is 9.28. The van der Waals surface area contributed by atoms with Crippen molar-refractivity contribution in [2.45, 2.75) is 12.8 Å². The second-order valence-electron chi connectivity index (χ2n) is 6.62. The third-order valence-corrected chi connectivity index (χ3v) is 4.26. The van der Waals surface area contributed by atoms with Gasteiger partial charge in [-0.25, -0.2) is 0 Å². The molecule has 2 aromatic rings. The Bertz CT molecular complexity index is 695. The van der Waals surface area contributed by atoms with Crippen molar-refractivity contribution in [3.8, 4) is 11.5 Å². The van der Waals surface area contributed by atoms with Crippen molar-refractivity contribution < 1.29 is 19.8 Å². The van der Waals surface area contributed by atoms with Gasteiger partial charge in [0.25, 0.3) is 11.8 Å². The molecule has 0 saturated carbocycles. The van der Waals surface area contributed by atoms with Gasteiger partial charge in [0.1, 0.15) is 11.5 Å². The number of rotatable bonds is 10. The van der Waals surface area contributed by atoms with Crippen molar-refractivity contribution in [3.05, 3.63) is 59.7 Å². The van der Waals surface area contributed by atoms with Gasteiger partial charge in [-0.15, -0.1) is 0 Å². The van der Waals surface area contributed by atoms with Crippen LogP contribution in [0.3, 0.4) is 0 Å². The molecule has 0 saturated heterocycles. The van der Waals surface area contributed by atoms with E-state index in [1.807, 2.05) is 7.05 Å². The van der Waals surface area contributed by atoms with Gasteiger partial charge in [-0.1, -0.05) is 0 Å². The van der Waals surface area contributed by atoms with Crippen LogP contribution in [0.15, 0.2) is 48.5 Å². The highest BCUT2D eigenvalue weighted by Crippen LogP contribution is 2.10. The summed E-state index contributed by atoms with van der Waals surface area (Å²) in [5.74, 6) is -0.0333. The van der Waals surface area contributed by atoms with Crippen LogP contribution in [0.1, 0.15) is 33.6 Å². The highest BCUT2D eigenvalue weighted by molar-refractivity contribution is 5.94. The first-order chi connectivity index (χ1) is 13.5. The summed E-state index contributed by atoms with van der Waals surface area (Å²) in [5.41, 5.74) is 1.05. The lowest BCUT2D eigenvalue weighted by molar-refractivity contribution is 0.0945. The molecule has 0 aliphatic heterocycles. The Kier molecular flexibility index (Phi) is 8.30. The molecular weight excluding hydrogens is 358 g/mol. The summed E-state index contributed by atoms with van der Waals surface area (Å²) in [6.07, 6.45) is 1.64. The van der Waals surface area contributed by atoms with E-state index in [2.05, 4.69) is 15.5 Å². The van der Waals surface area contributed by atoms with Crippen molar-refractivity contribution in [3.63, 3.8) is 0 Å². The molecule has 0 spiro atoms. The first-order valence-electron chi connectivity index (χ1n) is 9.28. The maximum atomic E-state index is 12.0. The third-order valence-electron chi connectivity index (χ3n) is 4.26. The number of benzene rings is 2. The van der Waals surface area contributed by atoms with Crippen LogP contribution in [-0.4, -0.2) is 60.2 Å². The average molecular weight is 385 g/mol. The molecule has 2 aromatic carbocycles. The van der Waals surface area contributed by atoms with E-state index in [9.17, 15) is 19.8 Å². The maximum Gasteiger partial charge on any atom is 0.251 e. The number of phenols is 2. The van der Waals surface area contributed by atoms with E-state index < -0.39 is 0 Å². The molecule has 0 aromatic heterocycles. The quantitative estimate of drug-likeness (QED) is 0.469. The molecule has 4 N–H and O–H groups in total. The van der Waals surface area contributed by atoms with E-state index in [1.165, 1.54) is 24.3 Å². The van der Waals surface area contributed by atoms with Crippen molar-refractivity contribution >= 4 is 11.8 Å². The van der Waals surface area contributed by atoms with E-state index in [4.69, 9.17) is 0 Å². The fraction of sp³-hybridized carbons (Fsp3) is 0.333. The Balaban J connectivity index is 1.54. The molecule has 7 heteroatoms. The molecule has 0 bridgehead atoms. The van der Waals surface area contributed by atoms with Crippen LogP contribution >= 0.6 is 0 Å². The van der Waals surface area contributed by atoms with E-state index in [0.717, 1.165) is 25.9 Å². The Morgan fingerprint density at radius 3 is 1.46 bits per heavy atom. The first kappa shape index (κ1) is 21.2. The van der Waals surface area contributed by atoms with Gasteiger partial charge in [0.2, 0.25) is 0 Å². The number of hydrogen-bond acceptors (Lipinski definition) is 5. The fourth-order valence-corrected chi connectivity index (χ4v) is 2.64. The number of aromatic hydroxyl groups is 2. The van der Waals surface area contributed by atoms with Crippen molar-refractivity contribution in [1.29, 1.82) is 0 Å². The van der Waals surface area contributed by atoms with Gasteiger partial charge in [-0.05, 0) is 81.5 Å². The molecule has 7 nitrogen and oxygen atoms in total. The van der Waals surface area contributed by atoms with Crippen LogP contribution in [0, 0.1) is 0 Å². The normalized spacial score (nSPS) is 10.6. The second-order valence-corrected chi connectivity index (χ2v) is 6.62. The number of hydrogen-bond donors (Lipinski definition) is 4. The lowest BCUT2D eigenvalue weighted by Crippen LogP contribution is -2.30. The minimum atomic E-state index is -0.153. The van der Waals surface area contributed by atoms with Crippen LogP contribution in [-0.2, 0) is 0 Å². The summed E-state index contributed by atoms with van der Waals surface area (Å²) in [5, 5.41) is 24.2. The summed E-state index contributed by atoms with van der Waals surface area (Å²) in [4.78, 5) is 26.1. The van der Waals surface area contributed by atoms with Gasteiger partial charge in [0.15, 0.2) is 0 Å². The maximum absolute atomic E-state index is 12.0. The number of phenolic OH excluding ortho intramolecular Hbond substituents is 2. The Hall–Kier alpha value is -3.06. The topological polar surface area (TPSA) is 102 Å². The van der Waals surface area contributed by atoms with E-state index in [-0.39, 0.29) is 23.3 Å². The molecule has 0 atom stereocenters. The number of nitrogens with one attached hydrogen (secondary N) is 2. The van der Waals surface area contributed by atoms with Gasteiger partial charge in [0.05, 0.1) is 0 Å². The lowest BCUT2D eigenvalue weighted by Gasteiger charge is -2.16. The van der Waals surface area contributed by atoms with E-state index in [0.29, 0.717) is 24.2 Å². The summed E-state index contributed by atoms with van der Waals surface area (Å²) in [7, 11) is 2.00. The zero-order valence-electron chi connectivity index (χ0n) is 16.0. The van der Waals surface area contributed by atoms with E-state index >= 15 is 0 Å². The molecule has 2 rings (SSSR count). The minimum Gasteiger partial charge on any atom is -0.508 e. The zero-order valence-corrected chi connectivity index (χ0v) is 16.0. The lowest BCUT2D eigenvalue weighted by atomic mass is 10.2. The van der Waals surface area contributed by atoms with Crippen molar-refractivity contribution in [2.24, 2.45) is 0 Å². The van der Waals surface area contributed by atoms with Gasteiger partial charge in [0, 0.05) is 24.2 Å². The predicted molar refractivity (Wildman–Crippen MR) is 108 cm³/mol. The SMILES string of the molecule is CN(CCCNC(=O)c1ccc(O)cc1)CCCNC(=O)c1ccc(O)cc1. The van der Waals surface area contributed by atoms with Crippen molar-refractivity contribution in [2.75, 3.05) is 33.2 Å². The number of nitrogens with zero attached hydrogens (tertiary/aromatic N) is 1. The average Bonchev–Trinajstić information content (AvgIpc) is 2.69.